The molecule has 0 radical (unpaired) electrons. The average Bonchev–Trinajstić information content (AvgIpc) is 3.18. The smallest absolute Gasteiger partial charge is 0.267 e. The number of nitrogen functional groups attached to an aromatic ring is 1. The van der Waals surface area contributed by atoms with Crippen molar-refractivity contribution in [1.82, 2.24) is 4.98 Å². The normalized spacial score (nSPS) is 11.0. The molecule has 5 rings (SSSR count). The fourth-order valence-electron chi connectivity index (χ4n) is 3.76. The maximum atomic E-state index is 13.2. The molecule has 0 aliphatic carbocycles. The van der Waals surface area contributed by atoms with E-state index in [-0.39, 0.29) is 5.91 Å². The van der Waals surface area contributed by atoms with Crippen LogP contribution in [0.5, 0.6) is 0 Å². The van der Waals surface area contributed by atoms with Crippen LogP contribution in [0, 0.1) is 6.92 Å². The van der Waals surface area contributed by atoms with Crippen molar-refractivity contribution in [2.45, 2.75) is 6.92 Å². The maximum absolute atomic E-state index is 13.2. The monoisotopic (exact) mass is 503 g/mol. The first-order valence-corrected chi connectivity index (χ1v) is 12.1. The zero-order chi connectivity index (χ0) is 23.8. The molecular weight excluding hydrogens is 485 g/mol. The van der Waals surface area contributed by atoms with Crippen molar-refractivity contribution in [3.05, 3.63) is 99.3 Å². The van der Waals surface area contributed by atoms with E-state index in [2.05, 4.69) is 5.32 Å². The summed E-state index contributed by atoms with van der Waals surface area (Å²) in [7, 11) is 0. The predicted octanol–water partition coefficient (Wildman–Crippen LogP) is 8.08. The molecule has 7 heteroatoms. The summed E-state index contributed by atoms with van der Waals surface area (Å²) in [6.45, 7) is 1.91. The van der Waals surface area contributed by atoms with Gasteiger partial charge in [-0.2, -0.15) is 0 Å². The number of nitrogens with two attached hydrogens (primary N) is 1. The van der Waals surface area contributed by atoms with E-state index < -0.39 is 0 Å². The zero-order valence-electron chi connectivity index (χ0n) is 18.1. The Labute approximate surface area is 211 Å². The number of carbonyl (C=O) groups excluding carboxylic acids is 1. The highest BCUT2D eigenvalue weighted by molar-refractivity contribution is 7.21. The highest BCUT2D eigenvalue weighted by atomic mass is 35.5. The molecule has 2 aromatic heterocycles. The molecule has 3 aromatic carbocycles. The van der Waals surface area contributed by atoms with Crippen molar-refractivity contribution >= 4 is 62.0 Å². The summed E-state index contributed by atoms with van der Waals surface area (Å²) >= 11 is 13.6. The number of anilines is 2. The molecule has 0 aliphatic heterocycles. The number of pyridine rings is 1. The van der Waals surface area contributed by atoms with Gasteiger partial charge in [0.05, 0.1) is 11.4 Å². The number of hydrogen-bond donors (Lipinski definition) is 2. The summed E-state index contributed by atoms with van der Waals surface area (Å²) in [5.74, 6) is -0.302. The van der Waals surface area contributed by atoms with Crippen molar-refractivity contribution in [3.8, 4) is 22.4 Å². The van der Waals surface area contributed by atoms with Gasteiger partial charge in [-0.1, -0.05) is 71.7 Å². The van der Waals surface area contributed by atoms with Crippen molar-refractivity contribution in [3.63, 3.8) is 0 Å². The number of halogens is 2. The predicted molar refractivity (Wildman–Crippen MR) is 144 cm³/mol. The fraction of sp³-hybridized carbons (Fsp3) is 0.0370. The van der Waals surface area contributed by atoms with Gasteiger partial charge in [-0.15, -0.1) is 11.3 Å². The number of hydrogen-bond acceptors (Lipinski definition) is 4. The van der Waals surface area contributed by atoms with Crippen LogP contribution in [0.4, 0.5) is 11.4 Å². The first-order valence-electron chi connectivity index (χ1n) is 10.5. The molecule has 0 unspecified atom stereocenters. The Bertz CT molecular complexity index is 1530. The summed E-state index contributed by atoms with van der Waals surface area (Å²) in [6.07, 6.45) is 0. The number of nitrogens with one attached hydrogen (secondary N) is 1. The van der Waals surface area contributed by atoms with Crippen LogP contribution in [0.15, 0.2) is 78.9 Å². The largest absolute Gasteiger partial charge is 0.397 e. The minimum absolute atomic E-state index is 0.302. The molecule has 0 spiro atoms. The van der Waals surface area contributed by atoms with Gasteiger partial charge in [0.2, 0.25) is 0 Å². The Morgan fingerprint density at radius 2 is 1.68 bits per heavy atom. The van der Waals surface area contributed by atoms with Crippen LogP contribution in [0.2, 0.25) is 10.0 Å². The van der Waals surface area contributed by atoms with E-state index in [4.69, 9.17) is 33.9 Å². The molecule has 0 fully saturated rings. The number of amides is 1. The fourth-order valence-corrected chi connectivity index (χ4v) is 5.08. The molecule has 168 valence electrons. The Kier molecular flexibility index (Phi) is 6.00. The average molecular weight is 504 g/mol. The lowest BCUT2D eigenvalue weighted by Crippen LogP contribution is -2.12. The first kappa shape index (κ1) is 22.4. The molecule has 0 bridgehead atoms. The van der Waals surface area contributed by atoms with Gasteiger partial charge < -0.3 is 11.1 Å². The summed E-state index contributed by atoms with van der Waals surface area (Å²) in [5, 5.41) is 4.88. The SMILES string of the molecule is Cc1ccc(NC(=O)c2sc3nc(-c4ccccc4)cc(-c4ccc(Cl)cc4)c3c2N)cc1Cl. The molecule has 2 heterocycles. The molecule has 4 nitrogen and oxygen atoms in total. The quantitative estimate of drug-likeness (QED) is 0.260. The molecule has 1 amide bonds. The summed E-state index contributed by atoms with van der Waals surface area (Å²) in [5.41, 5.74) is 12.1. The zero-order valence-corrected chi connectivity index (χ0v) is 20.4. The van der Waals surface area contributed by atoms with Gasteiger partial charge in [0.1, 0.15) is 9.71 Å². The van der Waals surface area contributed by atoms with Crippen LogP contribution in [0.1, 0.15) is 15.2 Å². The molecule has 0 atom stereocenters. The van der Waals surface area contributed by atoms with Crippen molar-refractivity contribution < 1.29 is 4.79 Å². The van der Waals surface area contributed by atoms with Crippen LogP contribution in [0.3, 0.4) is 0 Å². The van der Waals surface area contributed by atoms with E-state index in [1.54, 1.807) is 6.07 Å². The number of aromatic nitrogens is 1. The standard InChI is InChI=1S/C27H19Cl2N3OS/c1-15-7-12-19(13-21(15)29)31-26(33)25-24(30)23-20(16-8-10-18(28)11-9-16)14-22(32-27(23)34-25)17-5-3-2-4-6-17/h2-14H,30H2,1H3,(H,31,33). The number of thiophene rings is 1. The second-order valence-electron chi connectivity index (χ2n) is 7.87. The number of rotatable bonds is 4. The van der Waals surface area contributed by atoms with Crippen LogP contribution in [0.25, 0.3) is 32.6 Å². The lowest BCUT2D eigenvalue weighted by atomic mass is 9.99. The second-order valence-corrected chi connectivity index (χ2v) is 9.71. The minimum Gasteiger partial charge on any atom is -0.397 e. The third-order valence-corrected chi connectivity index (χ3v) is 7.32. The maximum Gasteiger partial charge on any atom is 0.267 e. The lowest BCUT2D eigenvalue weighted by Gasteiger charge is -2.09. The van der Waals surface area contributed by atoms with Crippen molar-refractivity contribution in [1.29, 1.82) is 0 Å². The van der Waals surface area contributed by atoms with Gasteiger partial charge in [0.25, 0.3) is 5.91 Å². The Morgan fingerprint density at radius 1 is 0.941 bits per heavy atom. The van der Waals surface area contributed by atoms with Crippen molar-refractivity contribution in [2.75, 3.05) is 11.1 Å². The van der Waals surface area contributed by atoms with E-state index in [1.807, 2.05) is 79.7 Å². The molecule has 34 heavy (non-hydrogen) atoms. The molecule has 0 saturated heterocycles. The number of nitrogens with zero attached hydrogens (tertiary/aromatic N) is 1. The van der Waals surface area contributed by atoms with Gasteiger partial charge in [0, 0.05) is 26.7 Å². The molecular formula is C27H19Cl2N3OS. The lowest BCUT2D eigenvalue weighted by molar-refractivity contribution is 0.103. The third-order valence-electron chi connectivity index (χ3n) is 5.56. The molecule has 5 aromatic rings. The molecule has 3 N–H and O–H groups in total. The Balaban J connectivity index is 1.65. The van der Waals surface area contributed by atoms with Crippen molar-refractivity contribution in [2.24, 2.45) is 0 Å². The van der Waals surface area contributed by atoms with E-state index in [0.29, 0.717) is 31.1 Å². The number of fused-ring (bicyclic) bond motifs is 1. The Hall–Kier alpha value is -3.38. The molecule has 0 aliphatic rings. The topological polar surface area (TPSA) is 68.0 Å². The van der Waals surface area contributed by atoms with E-state index in [1.165, 1.54) is 11.3 Å². The van der Waals surface area contributed by atoms with E-state index in [9.17, 15) is 4.79 Å². The highest BCUT2D eigenvalue weighted by Gasteiger charge is 2.22. The Morgan fingerprint density at radius 3 is 2.38 bits per heavy atom. The number of aryl methyl sites for hydroxylation is 1. The van der Waals surface area contributed by atoms with E-state index in [0.717, 1.165) is 33.3 Å². The van der Waals surface area contributed by atoms with Crippen LogP contribution < -0.4 is 11.1 Å². The second kappa shape index (κ2) is 9.11. The third kappa shape index (κ3) is 4.26. The van der Waals surface area contributed by atoms with Crippen LogP contribution in [-0.4, -0.2) is 10.9 Å². The first-order chi connectivity index (χ1) is 16.4. The van der Waals surface area contributed by atoms with Gasteiger partial charge in [-0.3, -0.25) is 4.79 Å². The molecule has 0 saturated carbocycles. The van der Waals surface area contributed by atoms with Gasteiger partial charge in [-0.05, 0) is 53.9 Å². The van der Waals surface area contributed by atoms with Gasteiger partial charge >= 0.3 is 0 Å². The number of carbonyl (C=O) groups is 1. The number of benzene rings is 3. The minimum atomic E-state index is -0.302. The summed E-state index contributed by atoms with van der Waals surface area (Å²) < 4.78 is 0. The van der Waals surface area contributed by atoms with Crippen LogP contribution in [-0.2, 0) is 0 Å². The summed E-state index contributed by atoms with van der Waals surface area (Å²) in [6, 6.07) is 24.9. The summed E-state index contributed by atoms with van der Waals surface area (Å²) in [4.78, 5) is 19.1. The highest BCUT2D eigenvalue weighted by Crippen LogP contribution is 2.41. The van der Waals surface area contributed by atoms with E-state index >= 15 is 0 Å². The van der Waals surface area contributed by atoms with Gasteiger partial charge in [-0.25, -0.2) is 4.98 Å². The van der Waals surface area contributed by atoms with Gasteiger partial charge in [0.15, 0.2) is 0 Å². The van der Waals surface area contributed by atoms with Crippen LogP contribution >= 0.6 is 34.5 Å².